The highest BCUT2D eigenvalue weighted by Gasteiger charge is 2.34. The first-order valence-electron chi connectivity index (χ1n) is 7.03. The molecule has 19 heavy (non-hydrogen) atoms. The first-order chi connectivity index (χ1) is 9.33. The number of allylic oxidation sites excluding steroid dienone is 2. The van der Waals surface area contributed by atoms with Gasteiger partial charge in [-0.25, -0.2) is 0 Å². The fourth-order valence-corrected chi connectivity index (χ4v) is 3.82. The van der Waals surface area contributed by atoms with Crippen LogP contribution in [0, 0.1) is 17.8 Å². The Morgan fingerprint density at radius 1 is 1.32 bits per heavy atom. The molecule has 3 unspecified atom stereocenters. The van der Waals surface area contributed by atoms with Crippen molar-refractivity contribution in [2.75, 3.05) is 19.6 Å². The van der Waals surface area contributed by atoms with Crippen LogP contribution in [0.1, 0.15) is 22.5 Å². The zero-order valence-corrected chi connectivity index (χ0v) is 11.8. The second-order valence-electron chi connectivity index (χ2n) is 5.48. The average Bonchev–Trinajstić information content (AvgIpc) is 3.15. The average molecular weight is 276 g/mol. The molecule has 0 aliphatic heterocycles. The lowest BCUT2D eigenvalue weighted by Crippen LogP contribution is -2.34. The lowest BCUT2D eigenvalue weighted by atomic mass is 9.94. The van der Waals surface area contributed by atoms with E-state index in [-0.39, 0.29) is 5.91 Å². The smallest absolute Gasteiger partial charge is 0.261 e. The Bertz CT molecular complexity index is 455. The van der Waals surface area contributed by atoms with Gasteiger partial charge >= 0.3 is 0 Å². The highest BCUT2D eigenvalue weighted by Crippen LogP contribution is 2.42. The highest BCUT2D eigenvalue weighted by molar-refractivity contribution is 7.12. The lowest BCUT2D eigenvalue weighted by Gasteiger charge is -2.18. The predicted molar refractivity (Wildman–Crippen MR) is 78.4 cm³/mol. The summed E-state index contributed by atoms with van der Waals surface area (Å²) in [5.41, 5.74) is 0. The van der Waals surface area contributed by atoms with Crippen LogP contribution in [-0.2, 0) is 0 Å². The molecular formula is C15H20N2OS. The molecule has 1 heterocycles. The maximum Gasteiger partial charge on any atom is 0.261 e. The van der Waals surface area contributed by atoms with Crippen molar-refractivity contribution in [3.63, 3.8) is 0 Å². The quantitative estimate of drug-likeness (QED) is 0.618. The lowest BCUT2D eigenvalue weighted by molar-refractivity contribution is 0.0958. The summed E-state index contributed by atoms with van der Waals surface area (Å²) in [6.07, 6.45) is 7.47. The molecule has 1 aromatic rings. The van der Waals surface area contributed by atoms with Gasteiger partial charge in [0.15, 0.2) is 0 Å². The van der Waals surface area contributed by atoms with Crippen molar-refractivity contribution < 1.29 is 4.79 Å². The third kappa shape index (κ3) is 3.07. The van der Waals surface area contributed by atoms with Gasteiger partial charge in [-0.3, -0.25) is 4.79 Å². The maximum absolute atomic E-state index is 11.7. The topological polar surface area (TPSA) is 41.1 Å². The van der Waals surface area contributed by atoms with E-state index in [1.54, 1.807) is 0 Å². The normalized spacial score (nSPS) is 27.9. The Labute approximate surface area is 118 Å². The van der Waals surface area contributed by atoms with Gasteiger partial charge in [-0.05, 0) is 48.6 Å². The Balaban J connectivity index is 1.29. The molecule has 2 bridgehead atoms. The zero-order valence-electron chi connectivity index (χ0n) is 11.0. The summed E-state index contributed by atoms with van der Waals surface area (Å²) in [5.74, 6) is 2.50. The summed E-state index contributed by atoms with van der Waals surface area (Å²) in [6, 6.07) is 3.76. The van der Waals surface area contributed by atoms with Gasteiger partial charge in [-0.1, -0.05) is 18.2 Å². The van der Waals surface area contributed by atoms with Crippen LogP contribution in [-0.4, -0.2) is 25.5 Å². The largest absolute Gasteiger partial charge is 0.350 e. The zero-order chi connectivity index (χ0) is 13.1. The molecule has 2 aliphatic rings. The van der Waals surface area contributed by atoms with Crippen molar-refractivity contribution in [3.05, 3.63) is 34.5 Å². The molecule has 1 amide bonds. The van der Waals surface area contributed by atoms with Gasteiger partial charge in [0.05, 0.1) is 4.88 Å². The molecule has 3 atom stereocenters. The summed E-state index contributed by atoms with van der Waals surface area (Å²) >= 11 is 1.48. The third-order valence-corrected chi connectivity index (χ3v) is 5.02. The van der Waals surface area contributed by atoms with Crippen LogP contribution in [0.3, 0.4) is 0 Å². The van der Waals surface area contributed by atoms with Crippen molar-refractivity contribution in [3.8, 4) is 0 Å². The molecule has 0 saturated heterocycles. The van der Waals surface area contributed by atoms with E-state index in [0.717, 1.165) is 35.7 Å². The van der Waals surface area contributed by atoms with Gasteiger partial charge in [0.2, 0.25) is 0 Å². The van der Waals surface area contributed by atoms with Gasteiger partial charge in [0.25, 0.3) is 5.91 Å². The highest BCUT2D eigenvalue weighted by atomic mass is 32.1. The van der Waals surface area contributed by atoms with Gasteiger partial charge in [0, 0.05) is 13.1 Å². The molecule has 1 aromatic heterocycles. The number of hydrogen-bond donors (Lipinski definition) is 2. The summed E-state index contributed by atoms with van der Waals surface area (Å²) in [7, 11) is 0. The van der Waals surface area contributed by atoms with E-state index >= 15 is 0 Å². The number of fused-ring (bicyclic) bond motifs is 2. The first-order valence-corrected chi connectivity index (χ1v) is 7.91. The molecule has 3 rings (SSSR count). The van der Waals surface area contributed by atoms with Crippen molar-refractivity contribution in [2.24, 2.45) is 17.8 Å². The maximum atomic E-state index is 11.7. The standard InChI is InChI=1S/C15H20N2OS/c18-15(14-2-1-7-19-14)17-6-5-16-10-13-9-11-3-4-12(13)8-11/h1-4,7,11-13,16H,5-6,8-10H2,(H,17,18). The number of hydrogen-bond acceptors (Lipinski definition) is 3. The van der Waals surface area contributed by atoms with E-state index in [9.17, 15) is 4.79 Å². The second kappa shape index (κ2) is 5.88. The molecule has 4 heteroatoms. The van der Waals surface area contributed by atoms with E-state index in [4.69, 9.17) is 0 Å². The van der Waals surface area contributed by atoms with Crippen molar-refractivity contribution in [1.29, 1.82) is 0 Å². The van der Waals surface area contributed by atoms with E-state index in [0.29, 0.717) is 6.54 Å². The predicted octanol–water partition coefficient (Wildman–Crippen LogP) is 2.28. The van der Waals surface area contributed by atoms with E-state index in [1.807, 2.05) is 17.5 Å². The first kappa shape index (κ1) is 12.9. The van der Waals surface area contributed by atoms with Crippen molar-refractivity contribution in [2.45, 2.75) is 12.8 Å². The van der Waals surface area contributed by atoms with Crippen LogP contribution in [0.4, 0.5) is 0 Å². The molecular weight excluding hydrogens is 256 g/mol. The van der Waals surface area contributed by atoms with Crippen LogP contribution < -0.4 is 10.6 Å². The minimum atomic E-state index is 0.0413. The Hall–Kier alpha value is -1.13. The van der Waals surface area contributed by atoms with Crippen LogP contribution in [0.25, 0.3) is 0 Å². The molecule has 1 saturated carbocycles. The van der Waals surface area contributed by atoms with Crippen LogP contribution in [0.5, 0.6) is 0 Å². The Morgan fingerprint density at radius 3 is 2.95 bits per heavy atom. The Kier molecular flexibility index (Phi) is 3.99. The van der Waals surface area contributed by atoms with E-state index in [1.165, 1.54) is 24.2 Å². The molecule has 2 N–H and O–H groups in total. The van der Waals surface area contributed by atoms with Gasteiger partial charge in [0.1, 0.15) is 0 Å². The third-order valence-electron chi connectivity index (χ3n) is 4.16. The molecule has 1 fully saturated rings. The van der Waals surface area contributed by atoms with E-state index in [2.05, 4.69) is 22.8 Å². The second-order valence-corrected chi connectivity index (χ2v) is 6.43. The van der Waals surface area contributed by atoms with Gasteiger partial charge in [-0.2, -0.15) is 0 Å². The van der Waals surface area contributed by atoms with Crippen LogP contribution >= 0.6 is 11.3 Å². The number of rotatable bonds is 6. The minimum absolute atomic E-state index is 0.0413. The van der Waals surface area contributed by atoms with E-state index < -0.39 is 0 Å². The molecule has 102 valence electrons. The SMILES string of the molecule is O=C(NCCNCC1CC2C=CC1C2)c1cccs1. The Morgan fingerprint density at radius 2 is 2.26 bits per heavy atom. The number of amides is 1. The van der Waals surface area contributed by atoms with Gasteiger partial charge < -0.3 is 10.6 Å². The number of carbonyl (C=O) groups is 1. The van der Waals surface area contributed by atoms with Gasteiger partial charge in [-0.15, -0.1) is 11.3 Å². The molecule has 0 aromatic carbocycles. The number of carbonyl (C=O) groups excluding carboxylic acids is 1. The fourth-order valence-electron chi connectivity index (χ4n) is 3.18. The monoisotopic (exact) mass is 276 g/mol. The molecule has 2 aliphatic carbocycles. The molecule has 0 radical (unpaired) electrons. The number of nitrogens with one attached hydrogen (secondary N) is 2. The summed E-state index contributed by atoms with van der Waals surface area (Å²) in [6.45, 7) is 2.64. The number of thiophene rings is 1. The van der Waals surface area contributed by atoms with Crippen LogP contribution in [0.2, 0.25) is 0 Å². The van der Waals surface area contributed by atoms with Crippen molar-refractivity contribution >= 4 is 17.2 Å². The summed E-state index contributed by atoms with van der Waals surface area (Å²) in [4.78, 5) is 12.5. The minimum Gasteiger partial charge on any atom is -0.350 e. The van der Waals surface area contributed by atoms with Crippen molar-refractivity contribution in [1.82, 2.24) is 10.6 Å². The summed E-state index contributed by atoms with van der Waals surface area (Å²) < 4.78 is 0. The molecule has 0 spiro atoms. The molecule has 3 nitrogen and oxygen atoms in total. The van der Waals surface area contributed by atoms with Crippen LogP contribution in [0.15, 0.2) is 29.7 Å². The fraction of sp³-hybridized carbons (Fsp3) is 0.533. The summed E-state index contributed by atoms with van der Waals surface area (Å²) in [5, 5.41) is 8.33.